The van der Waals surface area contributed by atoms with E-state index in [1.165, 1.54) is 17.7 Å². The zero-order valence-electron chi connectivity index (χ0n) is 11.6. The Labute approximate surface area is 119 Å². The number of aryl methyl sites for hydroxylation is 1. The first kappa shape index (κ1) is 13.6. The van der Waals surface area contributed by atoms with Crippen LogP contribution in [0.2, 0.25) is 0 Å². The van der Waals surface area contributed by atoms with Gasteiger partial charge in [-0.25, -0.2) is 0 Å². The molecule has 1 atom stereocenters. The molecular weight excluding hydrogens is 258 g/mol. The van der Waals surface area contributed by atoms with Crippen LogP contribution in [0.25, 0.3) is 0 Å². The van der Waals surface area contributed by atoms with Crippen LogP contribution < -0.4 is 0 Å². The largest absolute Gasteiger partial charge is 0.386 e. The Kier molecular flexibility index (Phi) is 3.94. The normalized spacial score (nSPS) is 25.6. The second kappa shape index (κ2) is 5.52. The minimum Gasteiger partial charge on any atom is -0.386 e. The Morgan fingerprint density at radius 2 is 2.00 bits per heavy atom. The van der Waals surface area contributed by atoms with Crippen LogP contribution >= 0.6 is 11.3 Å². The monoisotopic (exact) mass is 281 g/mol. The van der Waals surface area contributed by atoms with Crippen LogP contribution in [0.5, 0.6) is 0 Å². The topological polar surface area (TPSA) is 32.7 Å². The van der Waals surface area contributed by atoms with Gasteiger partial charge in [0.25, 0.3) is 0 Å². The van der Waals surface area contributed by atoms with Crippen LogP contribution in [0.1, 0.15) is 42.2 Å². The zero-order chi connectivity index (χ0) is 13.3. The molecule has 3 rings (SSSR count). The van der Waals surface area contributed by atoms with E-state index in [0.29, 0.717) is 0 Å². The van der Waals surface area contributed by atoms with Crippen LogP contribution in [0.3, 0.4) is 0 Å². The smallest absolute Gasteiger partial charge is 0.0984 e. The first-order valence-corrected chi connectivity index (χ1v) is 8.17. The van der Waals surface area contributed by atoms with E-state index in [0.717, 1.165) is 44.7 Å². The second-order valence-electron chi connectivity index (χ2n) is 5.74. The number of morpholine rings is 1. The molecule has 0 aromatic carbocycles. The molecule has 1 N–H and O–H groups in total. The van der Waals surface area contributed by atoms with Crippen molar-refractivity contribution in [3.05, 3.63) is 21.9 Å². The second-order valence-corrected chi connectivity index (χ2v) is 6.87. The summed E-state index contributed by atoms with van der Waals surface area (Å²) >= 11 is 1.73. The van der Waals surface area contributed by atoms with Gasteiger partial charge >= 0.3 is 0 Å². The van der Waals surface area contributed by atoms with Crippen molar-refractivity contribution in [2.24, 2.45) is 0 Å². The van der Waals surface area contributed by atoms with E-state index in [4.69, 9.17) is 4.74 Å². The molecule has 3 nitrogen and oxygen atoms in total. The van der Waals surface area contributed by atoms with Crippen LogP contribution in [0.15, 0.2) is 11.4 Å². The minimum absolute atomic E-state index is 0.0460. The van der Waals surface area contributed by atoms with Gasteiger partial charge < -0.3 is 9.84 Å². The average molecular weight is 281 g/mol. The maximum atomic E-state index is 11.0. The van der Waals surface area contributed by atoms with Crippen LogP contribution in [-0.2, 0) is 4.74 Å². The van der Waals surface area contributed by atoms with Crippen molar-refractivity contribution in [2.45, 2.75) is 44.2 Å². The Morgan fingerprint density at radius 1 is 1.32 bits per heavy atom. The van der Waals surface area contributed by atoms with Gasteiger partial charge in [0, 0.05) is 18.0 Å². The summed E-state index contributed by atoms with van der Waals surface area (Å²) in [5.74, 6) is 0. The van der Waals surface area contributed by atoms with E-state index >= 15 is 0 Å². The quantitative estimate of drug-likeness (QED) is 0.924. The Hall–Kier alpha value is -0.420. The lowest BCUT2D eigenvalue weighted by molar-refractivity contribution is -0.0774. The summed E-state index contributed by atoms with van der Waals surface area (Å²) in [5.41, 5.74) is 1.09. The minimum atomic E-state index is -0.348. The maximum absolute atomic E-state index is 11.0. The highest BCUT2D eigenvalue weighted by Gasteiger charge is 2.46. The summed E-state index contributed by atoms with van der Waals surface area (Å²) in [7, 11) is 0. The van der Waals surface area contributed by atoms with Gasteiger partial charge in [0.05, 0.1) is 24.9 Å². The molecule has 19 heavy (non-hydrogen) atoms. The Balaban J connectivity index is 1.89. The number of aliphatic hydroxyl groups is 1. The van der Waals surface area contributed by atoms with Crippen LogP contribution in [0, 0.1) is 6.92 Å². The fraction of sp³-hybridized carbons (Fsp3) is 0.733. The molecule has 2 heterocycles. The zero-order valence-corrected chi connectivity index (χ0v) is 12.4. The van der Waals surface area contributed by atoms with Gasteiger partial charge in [0.1, 0.15) is 0 Å². The Bertz CT molecular complexity index is 420. The molecule has 0 radical (unpaired) electrons. The van der Waals surface area contributed by atoms with Crippen molar-refractivity contribution in [3.63, 3.8) is 0 Å². The van der Waals surface area contributed by atoms with E-state index in [2.05, 4.69) is 23.3 Å². The fourth-order valence-electron chi connectivity index (χ4n) is 3.73. The van der Waals surface area contributed by atoms with Gasteiger partial charge in [-0.1, -0.05) is 12.8 Å². The van der Waals surface area contributed by atoms with Crippen molar-refractivity contribution in [3.8, 4) is 0 Å². The number of nitrogens with zero attached hydrogens (tertiary/aromatic N) is 1. The molecular formula is C15H23NO2S. The van der Waals surface area contributed by atoms with E-state index < -0.39 is 0 Å². The predicted molar refractivity (Wildman–Crippen MR) is 77.6 cm³/mol. The summed E-state index contributed by atoms with van der Waals surface area (Å²) in [6, 6.07) is 2.10. The summed E-state index contributed by atoms with van der Waals surface area (Å²) in [4.78, 5) is 3.75. The van der Waals surface area contributed by atoms with E-state index in [1.54, 1.807) is 11.3 Å². The van der Waals surface area contributed by atoms with E-state index in [-0.39, 0.29) is 11.6 Å². The van der Waals surface area contributed by atoms with Crippen LogP contribution in [-0.4, -0.2) is 41.8 Å². The SMILES string of the molecule is Cc1sccc1C(O)C1(N2CCOCC2)CCCC1. The van der Waals surface area contributed by atoms with Gasteiger partial charge in [-0.2, -0.15) is 0 Å². The predicted octanol–water partition coefficient (Wildman–Crippen LogP) is 2.73. The summed E-state index contributed by atoms with van der Waals surface area (Å²) in [6.07, 6.45) is 4.35. The molecule has 1 aromatic rings. The maximum Gasteiger partial charge on any atom is 0.0984 e. The number of thiophene rings is 1. The average Bonchev–Trinajstić information content (AvgIpc) is 3.08. The van der Waals surface area contributed by atoms with Gasteiger partial charge in [-0.3, -0.25) is 4.90 Å². The van der Waals surface area contributed by atoms with Crippen molar-refractivity contribution in [1.82, 2.24) is 4.90 Å². The molecule has 0 spiro atoms. The van der Waals surface area contributed by atoms with Crippen molar-refractivity contribution in [1.29, 1.82) is 0 Å². The lowest BCUT2D eigenvalue weighted by Gasteiger charge is -2.46. The molecule has 1 unspecified atom stereocenters. The standard InChI is InChI=1S/C15H23NO2S/c1-12-13(4-11-19-12)14(17)15(5-2-3-6-15)16-7-9-18-10-8-16/h4,11,14,17H,2-3,5-10H2,1H3. The lowest BCUT2D eigenvalue weighted by atomic mass is 9.84. The molecule has 0 amide bonds. The molecule has 1 saturated heterocycles. The molecule has 2 fully saturated rings. The van der Waals surface area contributed by atoms with Gasteiger partial charge in [-0.15, -0.1) is 11.3 Å². The molecule has 0 bridgehead atoms. The summed E-state index contributed by atoms with van der Waals surface area (Å²) < 4.78 is 5.48. The Morgan fingerprint density at radius 3 is 2.58 bits per heavy atom. The van der Waals surface area contributed by atoms with Crippen LogP contribution in [0.4, 0.5) is 0 Å². The third-order valence-corrected chi connectivity index (χ3v) is 5.67. The number of hydrogen-bond donors (Lipinski definition) is 1. The first-order valence-electron chi connectivity index (χ1n) is 7.29. The van der Waals surface area contributed by atoms with Crippen molar-refractivity contribution >= 4 is 11.3 Å². The lowest BCUT2D eigenvalue weighted by Crippen LogP contribution is -2.55. The molecule has 1 aromatic heterocycles. The van der Waals surface area contributed by atoms with E-state index in [1.807, 2.05) is 0 Å². The van der Waals surface area contributed by atoms with Gasteiger partial charge in [-0.05, 0) is 36.8 Å². The number of rotatable bonds is 3. The third kappa shape index (κ3) is 2.35. The molecule has 1 aliphatic carbocycles. The molecule has 106 valence electrons. The molecule has 4 heteroatoms. The van der Waals surface area contributed by atoms with Gasteiger partial charge in [0.2, 0.25) is 0 Å². The first-order chi connectivity index (χ1) is 9.24. The summed E-state index contributed by atoms with van der Waals surface area (Å²) in [5, 5.41) is 13.1. The number of hydrogen-bond acceptors (Lipinski definition) is 4. The third-order valence-electron chi connectivity index (χ3n) is 4.81. The number of ether oxygens (including phenoxy) is 1. The number of aliphatic hydroxyl groups excluding tert-OH is 1. The fourth-order valence-corrected chi connectivity index (χ4v) is 4.46. The van der Waals surface area contributed by atoms with Crippen molar-refractivity contribution in [2.75, 3.05) is 26.3 Å². The highest BCUT2D eigenvalue weighted by molar-refractivity contribution is 7.10. The summed E-state index contributed by atoms with van der Waals surface area (Å²) in [6.45, 7) is 5.64. The molecule has 2 aliphatic rings. The molecule has 1 saturated carbocycles. The van der Waals surface area contributed by atoms with Crippen molar-refractivity contribution < 1.29 is 9.84 Å². The van der Waals surface area contributed by atoms with Gasteiger partial charge in [0.15, 0.2) is 0 Å². The highest BCUT2D eigenvalue weighted by Crippen LogP contribution is 2.46. The highest BCUT2D eigenvalue weighted by atomic mass is 32.1. The molecule has 1 aliphatic heterocycles. The van der Waals surface area contributed by atoms with E-state index in [9.17, 15) is 5.11 Å².